The van der Waals surface area contributed by atoms with Crippen molar-refractivity contribution in [3.63, 3.8) is 0 Å². The molecule has 2 heterocycles. The molecule has 0 spiro atoms. The van der Waals surface area contributed by atoms with Crippen LogP contribution in [0.25, 0.3) is 0 Å². The van der Waals surface area contributed by atoms with E-state index in [1.165, 1.54) is 0 Å². The summed E-state index contributed by atoms with van der Waals surface area (Å²) in [6.45, 7) is 0.681. The van der Waals surface area contributed by atoms with Gasteiger partial charge in [-0.25, -0.2) is 4.98 Å². The average Bonchev–Trinajstić information content (AvgIpc) is 2.85. The number of amides is 1. The van der Waals surface area contributed by atoms with E-state index in [4.69, 9.17) is 16.3 Å². The van der Waals surface area contributed by atoms with Crippen molar-refractivity contribution >= 4 is 23.2 Å². The molecule has 0 fully saturated rings. The van der Waals surface area contributed by atoms with E-state index in [9.17, 15) is 4.79 Å². The van der Waals surface area contributed by atoms with Gasteiger partial charge in [-0.2, -0.15) is 0 Å². The molecule has 1 N–H and O–H groups in total. The van der Waals surface area contributed by atoms with Crippen molar-refractivity contribution in [2.45, 2.75) is 6.42 Å². The number of rotatable bonds is 2. The van der Waals surface area contributed by atoms with Gasteiger partial charge in [-0.05, 0) is 35.9 Å². The molecule has 4 nitrogen and oxygen atoms in total. The molecule has 1 aliphatic heterocycles. The van der Waals surface area contributed by atoms with Gasteiger partial charge in [-0.3, -0.25) is 4.79 Å². The molecule has 96 valence electrons. The summed E-state index contributed by atoms with van der Waals surface area (Å²) in [5.41, 5.74) is 2.30. The second-order valence-corrected chi connectivity index (χ2v) is 4.63. The summed E-state index contributed by atoms with van der Waals surface area (Å²) in [7, 11) is 0. The van der Waals surface area contributed by atoms with Gasteiger partial charge in [0.1, 0.15) is 10.9 Å². The molecule has 1 aromatic carbocycles. The molecule has 2 aromatic rings. The van der Waals surface area contributed by atoms with Gasteiger partial charge in [-0.15, -0.1) is 0 Å². The molecule has 3 rings (SSSR count). The van der Waals surface area contributed by atoms with E-state index >= 15 is 0 Å². The number of fused-ring (bicyclic) bond motifs is 1. The third-order valence-corrected chi connectivity index (χ3v) is 3.14. The first-order chi connectivity index (χ1) is 9.22. The van der Waals surface area contributed by atoms with Crippen LogP contribution in [0.3, 0.4) is 0 Å². The summed E-state index contributed by atoms with van der Waals surface area (Å²) in [6, 6.07) is 8.75. The molecular weight excluding hydrogens is 264 g/mol. The number of pyridine rings is 1. The SMILES string of the molecule is O=C(Nc1ccnc(Cl)c1)c1ccc2c(c1)CCO2. The van der Waals surface area contributed by atoms with E-state index in [1.807, 2.05) is 12.1 Å². The van der Waals surface area contributed by atoms with Crippen molar-refractivity contribution in [2.75, 3.05) is 11.9 Å². The molecule has 0 atom stereocenters. The van der Waals surface area contributed by atoms with Crippen LogP contribution in [-0.4, -0.2) is 17.5 Å². The molecule has 1 amide bonds. The summed E-state index contributed by atoms with van der Waals surface area (Å²) in [4.78, 5) is 16.0. The van der Waals surface area contributed by atoms with Crippen molar-refractivity contribution in [3.8, 4) is 5.75 Å². The Kier molecular flexibility index (Phi) is 3.09. The fraction of sp³-hybridized carbons (Fsp3) is 0.143. The van der Waals surface area contributed by atoms with Crippen molar-refractivity contribution < 1.29 is 9.53 Å². The lowest BCUT2D eigenvalue weighted by Crippen LogP contribution is -2.12. The summed E-state index contributed by atoms with van der Waals surface area (Å²) in [5, 5.41) is 3.13. The minimum atomic E-state index is -0.169. The Hall–Kier alpha value is -2.07. The Morgan fingerprint density at radius 2 is 2.21 bits per heavy atom. The van der Waals surface area contributed by atoms with Crippen LogP contribution in [0, 0.1) is 0 Å². The van der Waals surface area contributed by atoms with E-state index in [1.54, 1.807) is 24.4 Å². The molecule has 19 heavy (non-hydrogen) atoms. The maximum Gasteiger partial charge on any atom is 0.255 e. The number of ether oxygens (including phenoxy) is 1. The van der Waals surface area contributed by atoms with Crippen LogP contribution >= 0.6 is 11.6 Å². The third-order valence-electron chi connectivity index (χ3n) is 2.94. The smallest absolute Gasteiger partial charge is 0.255 e. The van der Waals surface area contributed by atoms with Gasteiger partial charge in [0.2, 0.25) is 0 Å². The van der Waals surface area contributed by atoms with E-state index in [2.05, 4.69) is 10.3 Å². The highest BCUT2D eigenvalue weighted by Gasteiger charge is 2.15. The number of nitrogens with one attached hydrogen (secondary N) is 1. The number of hydrogen-bond donors (Lipinski definition) is 1. The van der Waals surface area contributed by atoms with Crippen LogP contribution in [0.15, 0.2) is 36.5 Å². The molecular formula is C14H11ClN2O2. The predicted molar refractivity (Wildman–Crippen MR) is 72.8 cm³/mol. The number of carbonyl (C=O) groups excluding carboxylic acids is 1. The summed E-state index contributed by atoms with van der Waals surface area (Å²) < 4.78 is 5.41. The topological polar surface area (TPSA) is 51.2 Å². The zero-order chi connectivity index (χ0) is 13.2. The van der Waals surface area contributed by atoms with Crippen molar-refractivity contribution in [1.82, 2.24) is 4.98 Å². The minimum absolute atomic E-state index is 0.169. The molecule has 5 heteroatoms. The number of nitrogens with zero attached hydrogens (tertiary/aromatic N) is 1. The van der Waals surface area contributed by atoms with Gasteiger partial charge >= 0.3 is 0 Å². The lowest BCUT2D eigenvalue weighted by atomic mass is 10.1. The maximum atomic E-state index is 12.1. The molecule has 0 saturated heterocycles. The molecule has 0 aliphatic carbocycles. The van der Waals surface area contributed by atoms with Gasteiger partial charge in [0.15, 0.2) is 0 Å². The van der Waals surface area contributed by atoms with E-state index in [-0.39, 0.29) is 5.91 Å². The number of aromatic nitrogens is 1. The molecule has 0 bridgehead atoms. The van der Waals surface area contributed by atoms with E-state index < -0.39 is 0 Å². The highest BCUT2D eigenvalue weighted by atomic mass is 35.5. The van der Waals surface area contributed by atoms with Crippen molar-refractivity contribution in [2.24, 2.45) is 0 Å². The average molecular weight is 275 g/mol. The van der Waals surface area contributed by atoms with E-state index in [0.29, 0.717) is 23.0 Å². The quantitative estimate of drug-likeness (QED) is 0.857. The van der Waals surface area contributed by atoms with Crippen LogP contribution in [0.4, 0.5) is 5.69 Å². The zero-order valence-electron chi connectivity index (χ0n) is 10.0. The lowest BCUT2D eigenvalue weighted by molar-refractivity contribution is 0.102. The van der Waals surface area contributed by atoms with Gasteiger partial charge in [0, 0.05) is 23.9 Å². The molecule has 0 saturated carbocycles. The number of halogens is 1. The first-order valence-corrected chi connectivity index (χ1v) is 6.29. The van der Waals surface area contributed by atoms with Crippen LogP contribution in [0.1, 0.15) is 15.9 Å². The number of benzene rings is 1. The lowest BCUT2D eigenvalue weighted by Gasteiger charge is -2.06. The summed E-state index contributed by atoms with van der Waals surface area (Å²) >= 11 is 5.77. The number of hydrogen-bond acceptors (Lipinski definition) is 3. The fourth-order valence-electron chi connectivity index (χ4n) is 2.01. The largest absolute Gasteiger partial charge is 0.493 e. The summed E-state index contributed by atoms with van der Waals surface area (Å²) in [5.74, 6) is 0.695. The van der Waals surface area contributed by atoms with Crippen LogP contribution in [0.2, 0.25) is 5.15 Å². The Morgan fingerprint density at radius 1 is 1.32 bits per heavy atom. The highest BCUT2D eigenvalue weighted by Crippen LogP contribution is 2.26. The molecule has 0 unspecified atom stereocenters. The first-order valence-electron chi connectivity index (χ1n) is 5.91. The maximum absolute atomic E-state index is 12.1. The number of carbonyl (C=O) groups is 1. The second kappa shape index (κ2) is 4.90. The highest BCUT2D eigenvalue weighted by molar-refractivity contribution is 6.29. The van der Waals surface area contributed by atoms with Gasteiger partial charge < -0.3 is 10.1 Å². The molecule has 1 aliphatic rings. The van der Waals surface area contributed by atoms with Crippen molar-refractivity contribution in [1.29, 1.82) is 0 Å². The Labute approximate surface area is 115 Å². The monoisotopic (exact) mass is 274 g/mol. The zero-order valence-corrected chi connectivity index (χ0v) is 10.8. The fourth-order valence-corrected chi connectivity index (χ4v) is 2.19. The van der Waals surface area contributed by atoms with Gasteiger partial charge in [0.05, 0.1) is 6.61 Å². The first kappa shape index (κ1) is 12.0. The minimum Gasteiger partial charge on any atom is -0.493 e. The standard InChI is InChI=1S/C14H11ClN2O2/c15-13-8-11(3-5-16-13)17-14(18)10-1-2-12-9(7-10)4-6-19-12/h1-3,5,7-8H,4,6H2,(H,16,17,18). The van der Waals surface area contributed by atoms with Crippen molar-refractivity contribution in [3.05, 3.63) is 52.8 Å². The third kappa shape index (κ3) is 2.53. The Bertz CT molecular complexity index is 643. The molecule has 0 radical (unpaired) electrons. The van der Waals surface area contributed by atoms with Crippen LogP contribution in [-0.2, 0) is 6.42 Å². The predicted octanol–water partition coefficient (Wildman–Crippen LogP) is 2.92. The Balaban J connectivity index is 1.81. The number of anilines is 1. The normalized spacial score (nSPS) is 12.7. The second-order valence-electron chi connectivity index (χ2n) is 4.24. The summed E-state index contributed by atoms with van der Waals surface area (Å²) in [6.07, 6.45) is 2.39. The Morgan fingerprint density at radius 3 is 3.05 bits per heavy atom. The van der Waals surface area contributed by atoms with Crippen LogP contribution < -0.4 is 10.1 Å². The van der Waals surface area contributed by atoms with Gasteiger partial charge in [0.25, 0.3) is 5.91 Å². The molecule has 1 aromatic heterocycles. The van der Waals surface area contributed by atoms with E-state index in [0.717, 1.165) is 17.7 Å². The van der Waals surface area contributed by atoms with Gasteiger partial charge in [-0.1, -0.05) is 11.6 Å². The van der Waals surface area contributed by atoms with Crippen LogP contribution in [0.5, 0.6) is 5.75 Å².